The van der Waals surface area contributed by atoms with Gasteiger partial charge in [0.25, 0.3) is 5.91 Å². The van der Waals surface area contributed by atoms with Gasteiger partial charge >= 0.3 is 5.97 Å². The molecule has 0 heterocycles. The standard InChI is InChI=1S/C19H17N3O4S/c20-9-13-1-3-14(4-2-13)11-27-12-17(23)22-16-7-5-15(6-8-16)19(26)21-10-18(24)25/h1-8H,10-12H2,(H,21,26)(H,22,23)(H,24,25). The molecule has 0 aliphatic carbocycles. The molecule has 0 bridgehead atoms. The Labute approximate surface area is 160 Å². The van der Waals surface area contributed by atoms with Crippen molar-refractivity contribution in [1.29, 1.82) is 5.26 Å². The van der Waals surface area contributed by atoms with Crippen LogP contribution in [0, 0.1) is 11.3 Å². The van der Waals surface area contributed by atoms with Crippen molar-refractivity contribution in [3.63, 3.8) is 0 Å². The number of nitrogens with one attached hydrogen (secondary N) is 2. The zero-order valence-electron chi connectivity index (χ0n) is 14.3. The van der Waals surface area contributed by atoms with Gasteiger partial charge in [-0.05, 0) is 42.0 Å². The molecule has 0 fully saturated rings. The van der Waals surface area contributed by atoms with Gasteiger partial charge in [0.2, 0.25) is 5.91 Å². The summed E-state index contributed by atoms with van der Waals surface area (Å²) in [6.07, 6.45) is 0. The number of carbonyl (C=O) groups is 3. The zero-order chi connectivity index (χ0) is 19.6. The quantitative estimate of drug-likeness (QED) is 0.643. The van der Waals surface area contributed by atoms with Crippen molar-refractivity contribution >= 4 is 35.2 Å². The summed E-state index contributed by atoms with van der Waals surface area (Å²) in [6, 6.07) is 15.4. The maximum absolute atomic E-state index is 12.0. The van der Waals surface area contributed by atoms with E-state index >= 15 is 0 Å². The minimum absolute atomic E-state index is 0.170. The molecule has 2 rings (SSSR count). The van der Waals surface area contributed by atoms with Gasteiger partial charge in [-0.1, -0.05) is 12.1 Å². The first kappa shape index (κ1) is 20.0. The van der Waals surface area contributed by atoms with Gasteiger partial charge in [-0.25, -0.2) is 0 Å². The highest BCUT2D eigenvalue weighted by Gasteiger charge is 2.08. The highest BCUT2D eigenvalue weighted by molar-refractivity contribution is 7.99. The Kier molecular flexibility index (Phi) is 7.40. The Bertz CT molecular complexity index is 858. The molecule has 2 aromatic carbocycles. The number of amides is 2. The Morgan fingerprint density at radius 2 is 1.70 bits per heavy atom. The van der Waals surface area contributed by atoms with Crippen LogP contribution in [0.3, 0.4) is 0 Å². The Morgan fingerprint density at radius 1 is 1.04 bits per heavy atom. The van der Waals surface area contributed by atoms with Crippen LogP contribution in [0.1, 0.15) is 21.5 Å². The summed E-state index contributed by atoms with van der Waals surface area (Å²) in [4.78, 5) is 34.1. The maximum Gasteiger partial charge on any atom is 0.322 e. The molecule has 0 atom stereocenters. The van der Waals surface area contributed by atoms with Crippen LogP contribution in [-0.4, -0.2) is 35.2 Å². The number of rotatable bonds is 8. The molecule has 3 N–H and O–H groups in total. The smallest absolute Gasteiger partial charge is 0.322 e. The van der Waals surface area contributed by atoms with Gasteiger partial charge in [0.15, 0.2) is 0 Å². The van der Waals surface area contributed by atoms with Gasteiger partial charge < -0.3 is 15.7 Å². The molecule has 0 aromatic heterocycles. The summed E-state index contributed by atoms with van der Waals surface area (Å²) >= 11 is 1.45. The van der Waals surface area contributed by atoms with Crippen LogP contribution in [0.5, 0.6) is 0 Å². The number of anilines is 1. The number of carbonyl (C=O) groups excluding carboxylic acids is 2. The predicted octanol–water partition coefficient (Wildman–Crippen LogP) is 2.24. The molecule has 0 saturated carbocycles. The number of carboxylic acid groups (broad SMARTS) is 1. The van der Waals surface area contributed by atoms with E-state index in [-0.39, 0.29) is 11.7 Å². The van der Waals surface area contributed by atoms with E-state index in [0.29, 0.717) is 22.6 Å². The monoisotopic (exact) mass is 383 g/mol. The van der Waals surface area contributed by atoms with E-state index in [2.05, 4.69) is 16.7 Å². The second-order valence-electron chi connectivity index (χ2n) is 5.50. The molecular formula is C19H17N3O4S. The molecule has 0 aliphatic heterocycles. The van der Waals surface area contributed by atoms with Crippen molar-refractivity contribution in [3.8, 4) is 6.07 Å². The highest BCUT2D eigenvalue weighted by atomic mass is 32.2. The van der Waals surface area contributed by atoms with Gasteiger partial charge in [-0.3, -0.25) is 14.4 Å². The molecule has 138 valence electrons. The van der Waals surface area contributed by atoms with Crippen LogP contribution in [0.2, 0.25) is 0 Å². The molecule has 0 aliphatic rings. The summed E-state index contributed by atoms with van der Waals surface area (Å²) < 4.78 is 0. The maximum atomic E-state index is 12.0. The summed E-state index contributed by atoms with van der Waals surface area (Å²) in [7, 11) is 0. The normalized spacial score (nSPS) is 9.89. The number of hydrogen-bond donors (Lipinski definition) is 3. The number of carboxylic acids is 1. The topological polar surface area (TPSA) is 119 Å². The van der Waals surface area contributed by atoms with Crippen molar-refractivity contribution in [2.45, 2.75) is 5.75 Å². The van der Waals surface area contributed by atoms with Crippen LogP contribution in [0.15, 0.2) is 48.5 Å². The average molecular weight is 383 g/mol. The first-order valence-corrected chi connectivity index (χ1v) is 9.10. The SMILES string of the molecule is N#Cc1ccc(CSCC(=O)Nc2ccc(C(=O)NCC(=O)O)cc2)cc1. The van der Waals surface area contributed by atoms with Crippen LogP contribution in [0.25, 0.3) is 0 Å². The fraction of sp³-hybridized carbons (Fsp3) is 0.158. The summed E-state index contributed by atoms with van der Waals surface area (Å²) in [5.74, 6) is -0.862. The molecule has 0 radical (unpaired) electrons. The van der Waals surface area contributed by atoms with Crippen molar-refractivity contribution in [2.75, 3.05) is 17.6 Å². The van der Waals surface area contributed by atoms with E-state index in [1.807, 2.05) is 12.1 Å². The lowest BCUT2D eigenvalue weighted by Gasteiger charge is -2.07. The Morgan fingerprint density at radius 3 is 2.30 bits per heavy atom. The van der Waals surface area contributed by atoms with E-state index in [9.17, 15) is 14.4 Å². The minimum Gasteiger partial charge on any atom is -0.480 e. The third kappa shape index (κ3) is 6.84. The number of thioether (sulfide) groups is 1. The van der Waals surface area contributed by atoms with Gasteiger partial charge in [-0.2, -0.15) is 5.26 Å². The minimum atomic E-state index is -1.12. The van der Waals surface area contributed by atoms with Gasteiger partial charge in [0.1, 0.15) is 6.54 Å². The first-order valence-electron chi connectivity index (χ1n) is 7.94. The van der Waals surface area contributed by atoms with Gasteiger partial charge in [0, 0.05) is 17.0 Å². The van der Waals surface area contributed by atoms with E-state index in [0.717, 1.165) is 5.56 Å². The van der Waals surface area contributed by atoms with E-state index in [4.69, 9.17) is 10.4 Å². The van der Waals surface area contributed by atoms with Gasteiger partial charge in [0.05, 0.1) is 17.4 Å². The molecule has 7 nitrogen and oxygen atoms in total. The second kappa shape index (κ2) is 9.99. The largest absolute Gasteiger partial charge is 0.480 e. The lowest BCUT2D eigenvalue weighted by atomic mass is 10.2. The molecule has 27 heavy (non-hydrogen) atoms. The zero-order valence-corrected chi connectivity index (χ0v) is 15.1. The van der Waals surface area contributed by atoms with Crippen LogP contribution < -0.4 is 10.6 Å². The predicted molar refractivity (Wildman–Crippen MR) is 102 cm³/mol. The van der Waals surface area contributed by atoms with Crippen LogP contribution in [-0.2, 0) is 15.3 Å². The fourth-order valence-corrected chi connectivity index (χ4v) is 2.88. The number of nitrogens with zero attached hydrogens (tertiary/aromatic N) is 1. The lowest BCUT2D eigenvalue weighted by molar-refractivity contribution is -0.135. The van der Waals surface area contributed by atoms with Crippen molar-refractivity contribution < 1.29 is 19.5 Å². The number of nitriles is 1. The fourth-order valence-electron chi connectivity index (χ4n) is 2.10. The summed E-state index contributed by atoms with van der Waals surface area (Å²) in [5, 5.41) is 22.3. The van der Waals surface area contributed by atoms with Crippen LogP contribution >= 0.6 is 11.8 Å². The number of benzene rings is 2. The molecule has 8 heteroatoms. The molecule has 0 saturated heterocycles. The van der Waals surface area contributed by atoms with Crippen molar-refractivity contribution in [3.05, 3.63) is 65.2 Å². The number of aliphatic carboxylic acids is 1. The third-order valence-electron chi connectivity index (χ3n) is 3.42. The molecule has 0 spiro atoms. The highest BCUT2D eigenvalue weighted by Crippen LogP contribution is 2.14. The van der Waals surface area contributed by atoms with E-state index in [1.165, 1.54) is 23.9 Å². The summed E-state index contributed by atoms with van der Waals surface area (Å²) in [5.41, 5.74) is 2.49. The Balaban J connectivity index is 1.77. The van der Waals surface area contributed by atoms with Crippen LogP contribution in [0.4, 0.5) is 5.69 Å². The molecule has 2 aromatic rings. The summed E-state index contributed by atoms with van der Waals surface area (Å²) in [6.45, 7) is -0.451. The lowest BCUT2D eigenvalue weighted by Crippen LogP contribution is -2.29. The van der Waals surface area contributed by atoms with Gasteiger partial charge in [-0.15, -0.1) is 11.8 Å². The van der Waals surface area contributed by atoms with E-state index < -0.39 is 18.4 Å². The molecule has 2 amide bonds. The first-order chi connectivity index (χ1) is 13.0. The third-order valence-corrected chi connectivity index (χ3v) is 4.42. The number of hydrogen-bond acceptors (Lipinski definition) is 5. The molecular weight excluding hydrogens is 366 g/mol. The molecule has 0 unspecified atom stereocenters. The van der Waals surface area contributed by atoms with Crippen molar-refractivity contribution in [1.82, 2.24) is 5.32 Å². The average Bonchev–Trinajstić information content (AvgIpc) is 2.67. The van der Waals surface area contributed by atoms with Crippen molar-refractivity contribution in [2.24, 2.45) is 0 Å². The van der Waals surface area contributed by atoms with E-state index in [1.54, 1.807) is 24.3 Å². The second-order valence-corrected chi connectivity index (χ2v) is 6.49. The Hall–Kier alpha value is -3.31.